The fraction of sp³-hybridized carbons (Fsp3) is 0.0588. The zero-order valence-corrected chi connectivity index (χ0v) is 12.2. The number of hydrogen-bond acceptors (Lipinski definition) is 5. The number of aromatic nitrogens is 2. The van der Waals surface area contributed by atoms with Crippen molar-refractivity contribution in [2.45, 2.75) is 6.04 Å². The van der Waals surface area contributed by atoms with Crippen molar-refractivity contribution in [3.63, 3.8) is 0 Å². The van der Waals surface area contributed by atoms with Crippen LogP contribution in [0.15, 0.2) is 73.1 Å². The van der Waals surface area contributed by atoms with E-state index in [2.05, 4.69) is 15.3 Å². The van der Waals surface area contributed by atoms with Crippen LogP contribution in [-0.4, -0.2) is 14.9 Å². The molecule has 0 bridgehead atoms. The molecule has 0 unspecified atom stereocenters. The number of hydrogen-bond donors (Lipinski definition) is 1. The second-order valence-electron chi connectivity index (χ2n) is 4.90. The lowest BCUT2D eigenvalue weighted by atomic mass is 10.0. The van der Waals surface area contributed by atoms with E-state index in [4.69, 9.17) is 0 Å². The Kier molecular flexibility index (Phi) is 4.24. The minimum atomic E-state index is -0.468. The Morgan fingerprint density at radius 1 is 0.957 bits per heavy atom. The summed E-state index contributed by atoms with van der Waals surface area (Å²) in [7, 11) is 0. The Labute approximate surface area is 133 Å². The summed E-state index contributed by atoms with van der Waals surface area (Å²) in [4.78, 5) is 18.8. The third-order valence-electron chi connectivity index (χ3n) is 3.37. The Balaban J connectivity index is 1.92. The fourth-order valence-corrected chi connectivity index (χ4v) is 2.25. The summed E-state index contributed by atoms with van der Waals surface area (Å²) in [6.07, 6.45) is 2.97. The van der Waals surface area contributed by atoms with Gasteiger partial charge in [0.2, 0.25) is 0 Å². The highest BCUT2D eigenvalue weighted by Gasteiger charge is 2.16. The first kappa shape index (κ1) is 14.6. The maximum absolute atomic E-state index is 10.7. The molecule has 2 heterocycles. The zero-order chi connectivity index (χ0) is 16.1. The number of nitro groups is 1. The fourth-order valence-electron chi connectivity index (χ4n) is 2.25. The molecule has 3 rings (SSSR count). The van der Waals surface area contributed by atoms with Gasteiger partial charge < -0.3 is 5.32 Å². The van der Waals surface area contributed by atoms with Gasteiger partial charge in [-0.3, -0.25) is 15.1 Å². The maximum atomic E-state index is 10.7. The third-order valence-corrected chi connectivity index (χ3v) is 3.37. The quantitative estimate of drug-likeness (QED) is 0.575. The summed E-state index contributed by atoms with van der Waals surface area (Å²) >= 11 is 0. The smallest absolute Gasteiger partial charge is 0.287 e. The third kappa shape index (κ3) is 3.49. The van der Waals surface area contributed by atoms with Gasteiger partial charge in [0, 0.05) is 12.3 Å². The van der Waals surface area contributed by atoms with Crippen molar-refractivity contribution >= 4 is 11.5 Å². The molecule has 23 heavy (non-hydrogen) atoms. The van der Waals surface area contributed by atoms with Crippen molar-refractivity contribution in [3.8, 4) is 0 Å². The molecule has 0 aliphatic rings. The van der Waals surface area contributed by atoms with Crippen LogP contribution in [0.2, 0.25) is 0 Å². The van der Waals surface area contributed by atoms with E-state index in [0.717, 1.165) is 11.3 Å². The Morgan fingerprint density at radius 3 is 2.35 bits per heavy atom. The van der Waals surface area contributed by atoms with E-state index in [-0.39, 0.29) is 11.7 Å². The van der Waals surface area contributed by atoms with Crippen molar-refractivity contribution in [1.29, 1.82) is 0 Å². The molecule has 0 spiro atoms. The van der Waals surface area contributed by atoms with Crippen LogP contribution in [0.3, 0.4) is 0 Å². The molecule has 0 saturated carbocycles. The van der Waals surface area contributed by atoms with Crippen LogP contribution in [0.5, 0.6) is 0 Å². The van der Waals surface area contributed by atoms with Gasteiger partial charge in [0.05, 0.1) is 16.7 Å². The molecule has 1 aromatic carbocycles. The lowest BCUT2D eigenvalue weighted by molar-refractivity contribution is -0.385. The van der Waals surface area contributed by atoms with Gasteiger partial charge in [0.1, 0.15) is 12.0 Å². The van der Waals surface area contributed by atoms with Gasteiger partial charge >= 0.3 is 0 Å². The van der Waals surface area contributed by atoms with Gasteiger partial charge in [-0.1, -0.05) is 36.4 Å². The van der Waals surface area contributed by atoms with Crippen molar-refractivity contribution in [3.05, 3.63) is 94.4 Å². The predicted molar refractivity (Wildman–Crippen MR) is 87.0 cm³/mol. The van der Waals surface area contributed by atoms with Gasteiger partial charge in [-0.05, 0) is 23.8 Å². The van der Waals surface area contributed by atoms with Crippen LogP contribution in [-0.2, 0) is 0 Å². The molecule has 0 radical (unpaired) electrons. The summed E-state index contributed by atoms with van der Waals surface area (Å²) in [5.41, 5.74) is 1.84. The van der Waals surface area contributed by atoms with Crippen LogP contribution in [0.1, 0.15) is 17.3 Å². The summed E-state index contributed by atoms with van der Waals surface area (Å²) < 4.78 is 0. The van der Waals surface area contributed by atoms with Crippen molar-refractivity contribution in [2.24, 2.45) is 0 Å². The molecule has 3 aromatic rings. The average molecular weight is 306 g/mol. The molecular weight excluding hydrogens is 292 g/mol. The van der Waals surface area contributed by atoms with E-state index >= 15 is 0 Å². The van der Waals surface area contributed by atoms with E-state index in [1.807, 2.05) is 48.5 Å². The first-order valence-corrected chi connectivity index (χ1v) is 7.07. The number of pyridine rings is 2. The Morgan fingerprint density at radius 2 is 1.74 bits per heavy atom. The normalized spacial score (nSPS) is 11.7. The first-order chi connectivity index (χ1) is 11.2. The summed E-state index contributed by atoms with van der Waals surface area (Å²) in [6, 6.07) is 18.4. The second-order valence-corrected chi connectivity index (χ2v) is 4.90. The summed E-state index contributed by atoms with van der Waals surface area (Å²) in [5, 5.41) is 14.0. The van der Waals surface area contributed by atoms with Gasteiger partial charge in [-0.2, -0.15) is 0 Å². The maximum Gasteiger partial charge on any atom is 0.287 e. The van der Waals surface area contributed by atoms with Crippen molar-refractivity contribution < 1.29 is 4.92 Å². The molecule has 6 heteroatoms. The molecule has 0 fully saturated rings. The minimum Gasteiger partial charge on any atom is -0.358 e. The molecule has 114 valence electrons. The van der Waals surface area contributed by atoms with Crippen LogP contribution in [0.4, 0.5) is 11.5 Å². The predicted octanol–water partition coefficient (Wildman–Crippen LogP) is 3.59. The number of nitrogens with one attached hydrogen (secondary N) is 1. The molecule has 0 saturated heterocycles. The molecule has 1 N–H and O–H groups in total. The summed E-state index contributed by atoms with van der Waals surface area (Å²) in [5.74, 6) is 0.551. The number of nitrogens with zero attached hydrogens (tertiary/aromatic N) is 3. The second kappa shape index (κ2) is 6.65. The lowest BCUT2D eigenvalue weighted by Gasteiger charge is -2.19. The van der Waals surface area contributed by atoms with Crippen LogP contribution >= 0.6 is 0 Å². The average Bonchev–Trinajstić information content (AvgIpc) is 2.61. The van der Waals surface area contributed by atoms with Gasteiger partial charge in [0.25, 0.3) is 5.69 Å². The topological polar surface area (TPSA) is 81.0 Å². The highest BCUT2D eigenvalue weighted by Crippen LogP contribution is 2.24. The highest BCUT2D eigenvalue weighted by atomic mass is 16.6. The molecule has 6 nitrogen and oxygen atoms in total. The van der Waals surface area contributed by atoms with E-state index in [1.165, 1.54) is 12.3 Å². The van der Waals surface area contributed by atoms with E-state index in [9.17, 15) is 10.1 Å². The number of anilines is 1. The molecule has 0 amide bonds. The standard InChI is InChI=1S/C17H14N4O2/c22-21(23)14-9-10-16(19-12-14)20-17(13-6-2-1-3-7-13)15-8-4-5-11-18-15/h1-12,17H,(H,19,20)/t17-/m1/s1. The lowest BCUT2D eigenvalue weighted by Crippen LogP contribution is -2.14. The van der Waals surface area contributed by atoms with E-state index in [0.29, 0.717) is 5.82 Å². The van der Waals surface area contributed by atoms with Crippen LogP contribution in [0.25, 0.3) is 0 Å². The Hall–Kier alpha value is -3.28. The molecule has 1 atom stereocenters. The van der Waals surface area contributed by atoms with E-state index < -0.39 is 4.92 Å². The largest absolute Gasteiger partial charge is 0.358 e. The van der Waals surface area contributed by atoms with Crippen molar-refractivity contribution in [2.75, 3.05) is 5.32 Å². The molecule has 0 aliphatic carbocycles. The molecule has 2 aromatic heterocycles. The van der Waals surface area contributed by atoms with Crippen LogP contribution in [0, 0.1) is 10.1 Å². The molecule has 0 aliphatic heterocycles. The Bertz CT molecular complexity index is 737. The van der Waals surface area contributed by atoms with E-state index in [1.54, 1.807) is 12.3 Å². The first-order valence-electron chi connectivity index (χ1n) is 7.07. The molecular formula is C17H14N4O2. The van der Waals surface area contributed by atoms with Crippen molar-refractivity contribution in [1.82, 2.24) is 9.97 Å². The zero-order valence-electron chi connectivity index (χ0n) is 12.2. The number of rotatable bonds is 5. The van der Waals surface area contributed by atoms with Gasteiger partial charge in [0.15, 0.2) is 0 Å². The number of benzene rings is 1. The van der Waals surface area contributed by atoms with Crippen LogP contribution < -0.4 is 5.32 Å². The highest BCUT2D eigenvalue weighted by molar-refractivity contribution is 5.45. The monoisotopic (exact) mass is 306 g/mol. The summed E-state index contributed by atoms with van der Waals surface area (Å²) in [6.45, 7) is 0. The van der Waals surface area contributed by atoms with Gasteiger partial charge in [-0.25, -0.2) is 4.98 Å². The SMILES string of the molecule is O=[N+]([O-])c1ccc(N[C@H](c2ccccc2)c2ccccn2)nc1. The minimum absolute atomic E-state index is 0.0374. The van der Waals surface area contributed by atoms with Gasteiger partial charge in [-0.15, -0.1) is 0 Å².